The molecule has 0 heterocycles. The first kappa shape index (κ1) is 17.0. The molecule has 0 radical (unpaired) electrons. The summed E-state index contributed by atoms with van der Waals surface area (Å²) in [6, 6.07) is 17.1. The molecule has 1 amide bonds. The number of rotatable bonds is 7. The van der Waals surface area contributed by atoms with E-state index in [4.69, 9.17) is 4.74 Å². The highest BCUT2D eigenvalue weighted by Crippen LogP contribution is 2.22. The maximum absolute atomic E-state index is 12.4. The summed E-state index contributed by atoms with van der Waals surface area (Å²) < 4.78 is 5.21. The first-order valence-electron chi connectivity index (χ1n) is 7.64. The molecule has 0 saturated carbocycles. The molecule has 4 nitrogen and oxygen atoms in total. The van der Waals surface area contributed by atoms with Crippen LogP contribution in [0.25, 0.3) is 0 Å². The van der Waals surface area contributed by atoms with Gasteiger partial charge in [-0.3, -0.25) is 4.79 Å². The van der Waals surface area contributed by atoms with Gasteiger partial charge in [-0.25, -0.2) is 0 Å². The minimum atomic E-state index is -0.418. The van der Waals surface area contributed by atoms with Gasteiger partial charge in [0.2, 0.25) is 0 Å². The summed E-state index contributed by atoms with van der Waals surface area (Å²) in [5.74, 6) is 0.342. The third-order valence-electron chi connectivity index (χ3n) is 3.88. The van der Waals surface area contributed by atoms with Crippen molar-refractivity contribution in [3.05, 3.63) is 65.7 Å². The molecule has 0 aliphatic rings. The van der Waals surface area contributed by atoms with Crippen LogP contribution in [0.3, 0.4) is 0 Å². The van der Waals surface area contributed by atoms with Gasteiger partial charge < -0.3 is 15.2 Å². The Labute approximate surface area is 137 Å². The van der Waals surface area contributed by atoms with Crippen molar-refractivity contribution < 1.29 is 14.6 Å². The van der Waals surface area contributed by atoms with E-state index in [-0.39, 0.29) is 12.5 Å². The summed E-state index contributed by atoms with van der Waals surface area (Å²) in [6.07, 6.45) is 0.691. The van der Waals surface area contributed by atoms with Gasteiger partial charge in [0.1, 0.15) is 5.75 Å². The Morgan fingerprint density at radius 3 is 2.43 bits per heavy atom. The highest BCUT2D eigenvalue weighted by molar-refractivity contribution is 5.96. The van der Waals surface area contributed by atoms with Crippen LogP contribution in [-0.4, -0.2) is 31.3 Å². The Balaban J connectivity index is 2.03. The number of amides is 1. The minimum Gasteiger partial charge on any atom is -0.496 e. The molecule has 0 fully saturated rings. The predicted octanol–water partition coefficient (Wildman–Crippen LogP) is 2.67. The third kappa shape index (κ3) is 4.57. The zero-order valence-electron chi connectivity index (χ0n) is 13.6. The van der Waals surface area contributed by atoms with Gasteiger partial charge in [0.15, 0.2) is 0 Å². The van der Waals surface area contributed by atoms with E-state index in [1.807, 2.05) is 43.3 Å². The molecular formula is C19H23NO3. The van der Waals surface area contributed by atoms with Gasteiger partial charge in [-0.2, -0.15) is 0 Å². The SMILES string of the molecule is COc1ccccc1C(=O)NC[C@](C)(CO)Cc1ccccc1. The Morgan fingerprint density at radius 1 is 1.13 bits per heavy atom. The Hall–Kier alpha value is -2.33. The second-order valence-electron chi connectivity index (χ2n) is 6.01. The fourth-order valence-electron chi connectivity index (χ4n) is 2.48. The van der Waals surface area contributed by atoms with Crippen molar-refractivity contribution in [3.63, 3.8) is 0 Å². The second-order valence-corrected chi connectivity index (χ2v) is 6.01. The van der Waals surface area contributed by atoms with Crippen molar-refractivity contribution in [2.24, 2.45) is 5.41 Å². The van der Waals surface area contributed by atoms with Gasteiger partial charge in [0.25, 0.3) is 5.91 Å². The Kier molecular flexibility index (Phi) is 5.77. The lowest BCUT2D eigenvalue weighted by atomic mass is 9.84. The fourth-order valence-corrected chi connectivity index (χ4v) is 2.48. The highest BCUT2D eigenvalue weighted by Gasteiger charge is 2.25. The van der Waals surface area contributed by atoms with E-state index in [0.717, 1.165) is 5.56 Å². The summed E-state index contributed by atoms with van der Waals surface area (Å²) in [4.78, 5) is 12.4. The van der Waals surface area contributed by atoms with Crippen LogP contribution in [0.4, 0.5) is 0 Å². The zero-order chi connectivity index (χ0) is 16.7. The summed E-state index contributed by atoms with van der Waals surface area (Å²) in [5, 5.41) is 12.7. The number of nitrogens with one attached hydrogen (secondary N) is 1. The van der Waals surface area contributed by atoms with Crippen molar-refractivity contribution in [1.29, 1.82) is 0 Å². The van der Waals surface area contributed by atoms with Gasteiger partial charge in [-0.1, -0.05) is 49.4 Å². The lowest BCUT2D eigenvalue weighted by Crippen LogP contribution is -2.39. The summed E-state index contributed by atoms with van der Waals surface area (Å²) >= 11 is 0. The molecule has 2 aromatic carbocycles. The largest absolute Gasteiger partial charge is 0.496 e. The van der Waals surface area contributed by atoms with Crippen LogP contribution < -0.4 is 10.1 Å². The number of carbonyl (C=O) groups excluding carboxylic acids is 1. The standard InChI is InChI=1S/C19H23NO3/c1-19(14-21,12-15-8-4-3-5-9-15)13-20-18(22)16-10-6-7-11-17(16)23-2/h3-11,21H,12-14H2,1-2H3,(H,20,22)/t19-/m1/s1. The van der Waals surface area contributed by atoms with Crippen LogP contribution in [0.5, 0.6) is 5.75 Å². The number of aliphatic hydroxyl groups excluding tert-OH is 1. The Bertz CT molecular complexity index is 642. The van der Waals surface area contributed by atoms with Gasteiger partial charge in [-0.15, -0.1) is 0 Å². The monoisotopic (exact) mass is 313 g/mol. The van der Waals surface area contributed by atoms with Crippen LogP contribution >= 0.6 is 0 Å². The van der Waals surface area contributed by atoms with Crippen molar-refractivity contribution in [2.45, 2.75) is 13.3 Å². The maximum atomic E-state index is 12.4. The van der Waals surface area contributed by atoms with Crippen molar-refractivity contribution in [3.8, 4) is 5.75 Å². The quantitative estimate of drug-likeness (QED) is 0.826. The molecule has 2 N–H and O–H groups in total. The molecule has 0 unspecified atom stereocenters. The summed E-state index contributed by atoms with van der Waals surface area (Å²) in [6.45, 7) is 2.34. The molecule has 0 aliphatic carbocycles. The van der Waals surface area contributed by atoms with Crippen LogP contribution in [0.15, 0.2) is 54.6 Å². The van der Waals surface area contributed by atoms with E-state index in [9.17, 15) is 9.90 Å². The maximum Gasteiger partial charge on any atom is 0.255 e. The first-order valence-corrected chi connectivity index (χ1v) is 7.64. The fraction of sp³-hybridized carbons (Fsp3) is 0.316. The van der Waals surface area contributed by atoms with Crippen molar-refractivity contribution in [2.75, 3.05) is 20.3 Å². The minimum absolute atomic E-state index is 0.00585. The van der Waals surface area contributed by atoms with Gasteiger partial charge in [-0.05, 0) is 24.1 Å². The highest BCUT2D eigenvalue weighted by atomic mass is 16.5. The van der Waals surface area contributed by atoms with Gasteiger partial charge in [0, 0.05) is 12.0 Å². The molecule has 122 valence electrons. The van der Waals surface area contributed by atoms with E-state index in [1.165, 1.54) is 0 Å². The Morgan fingerprint density at radius 2 is 1.78 bits per heavy atom. The van der Waals surface area contributed by atoms with E-state index in [1.54, 1.807) is 25.3 Å². The average Bonchev–Trinajstić information content (AvgIpc) is 2.60. The number of ether oxygens (including phenoxy) is 1. The van der Waals surface area contributed by atoms with E-state index < -0.39 is 5.41 Å². The van der Waals surface area contributed by atoms with Crippen LogP contribution in [0.2, 0.25) is 0 Å². The van der Waals surface area contributed by atoms with Gasteiger partial charge >= 0.3 is 0 Å². The molecule has 2 aromatic rings. The van der Waals surface area contributed by atoms with Crippen molar-refractivity contribution >= 4 is 5.91 Å². The number of carbonyl (C=O) groups is 1. The summed E-state index contributed by atoms with van der Waals surface area (Å²) in [7, 11) is 1.54. The number of aliphatic hydroxyl groups is 1. The lowest BCUT2D eigenvalue weighted by Gasteiger charge is -2.28. The number of hydrogen-bond acceptors (Lipinski definition) is 3. The molecule has 23 heavy (non-hydrogen) atoms. The van der Waals surface area contributed by atoms with Crippen LogP contribution in [0, 0.1) is 5.41 Å². The normalized spacial score (nSPS) is 13.2. The predicted molar refractivity (Wildman–Crippen MR) is 90.7 cm³/mol. The first-order chi connectivity index (χ1) is 11.1. The number of hydrogen-bond donors (Lipinski definition) is 2. The summed E-state index contributed by atoms with van der Waals surface area (Å²) in [5.41, 5.74) is 1.21. The molecule has 1 atom stereocenters. The lowest BCUT2D eigenvalue weighted by molar-refractivity contribution is 0.0892. The molecule has 0 saturated heterocycles. The molecular weight excluding hydrogens is 290 g/mol. The molecule has 4 heteroatoms. The third-order valence-corrected chi connectivity index (χ3v) is 3.88. The van der Waals surface area contributed by atoms with Gasteiger partial charge in [0.05, 0.1) is 19.3 Å². The number of benzene rings is 2. The van der Waals surface area contributed by atoms with E-state index in [2.05, 4.69) is 5.32 Å². The zero-order valence-corrected chi connectivity index (χ0v) is 13.6. The molecule has 0 aliphatic heterocycles. The van der Waals surface area contributed by atoms with Crippen LogP contribution in [0.1, 0.15) is 22.8 Å². The number of para-hydroxylation sites is 1. The topological polar surface area (TPSA) is 58.6 Å². The number of methoxy groups -OCH3 is 1. The van der Waals surface area contributed by atoms with Crippen LogP contribution in [-0.2, 0) is 6.42 Å². The molecule has 2 rings (SSSR count). The molecule has 0 bridgehead atoms. The molecule has 0 spiro atoms. The van der Waals surface area contributed by atoms with E-state index in [0.29, 0.717) is 24.3 Å². The van der Waals surface area contributed by atoms with E-state index >= 15 is 0 Å². The average molecular weight is 313 g/mol. The van der Waals surface area contributed by atoms with Crippen molar-refractivity contribution in [1.82, 2.24) is 5.32 Å². The molecule has 0 aromatic heterocycles. The smallest absolute Gasteiger partial charge is 0.255 e. The second kappa shape index (κ2) is 7.79.